The molecule has 0 aliphatic carbocycles. The Kier molecular flexibility index (Phi) is 3.73. The second-order valence-corrected chi connectivity index (χ2v) is 6.67. The van der Waals surface area contributed by atoms with E-state index in [4.69, 9.17) is 0 Å². The number of thioether (sulfide) groups is 1. The number of nitriles is 1. The van der Waals surface area contributed by atoms with Crippen molar-refractivity contribution in [3.8, 4) is 6.07 Å². The first-order valence-corrected chi connectivity index (χ1v) is 8.05. The largest absolute Gasteiger partial charge is 0.206 e. The number of fused-ring (bicyclic) bond motifs is 2. The van der Waals surface area contributed by atoms with Crippen LogP contribution in [0.2, 0.25) is 0 Å². The van der Waals surface area contributed by atoms with Gasteiger partial charge in [-0.15, -0.1) is 11.8 Å². The molecule has 0 aromatic heterocycles. The van der Waals surface area contributed by atoms with Crippen molar-refractivity contribution < 1.29 is 4.39 Å². The summed E-state index contributed by atoms with van der Waals surface area (Å²) in [5.41, 5.74) is 3.45. The van der Waals surface area contributed by atoms with Crippen LogP contribution in [0.15, 0.2) is 41.3 Å². The smallest absolute Gasteiger partial charge is 0.141 e. The SMILES string of the molecule is CC(C)C1c2ccccc2SCc2c1ccc(F)c2C#N. The summed E-state index contributed by atoms with van der Waals surface area (Å²) in [5, 5.41) is 9.31. The summed E-state index contributed by atoms with van der Waals surface area (Å²) >= 11 is 1.69. The van der Waals surface area contributed by atoms with E-state index in [1.165, 1.54) is 16.5 Å². The fourth-order valence-corrected chi connectivity index (χ4v) is 4.26. The summed E-state index contributed by atoms with van der Waals surface area (Å²) in [6.45, 7) is 4.35. The predicted octanol–water partition coefficient (Wildman–Crippen LogP) is 5.09. The Morgan fingerprint density at radius 1 is 1.19 bits per heavy atom. The molecule has 1 heterocycles. The number of hydrogen-bond donors (Lipinski definition) is 0. The van der Waals surface area contributed by atoms with Crippen LogP contribution in [0, 0.1) is 23.1 Å². The van der Waals surface area contributed by atoms with Crippen molar-refractivity contribution in [2.45, 2.75) is 30.4 Å². The quantitative estimate of drug-likeness (QED) is 0.732. The van der Waals surface area contributed by atoms with Gasteiger partial charge in [0.1, 0.15) is 11.9 Å². The number of halogens is 1. The van der Waals surface area contributed by atoms with E-state index in [2.05, 4.69) is 32.0 Å². The minimum Gasteiger partial charge on any atom is -0.206 e. The van der Waals surface area contributed by atoms with Gasteiger partial charge in [-0.1, -0.05) is 38.1 Å². The van der Waals surface area contributed by atoms with Crippen molar-refractivity contribution >= 4 is 11.8 Å². The molecule has 0 bridgehead atoms. The Bertz CT molecular complexity index is 730. The molecule has 1 nitrogen and oxygen atoms in total. The van der Waals surface area contributed by atoms with Crippen molar-refractivity contribution in [1.82, 2.24) is 0 Å². The van der Waals surface area contributed by atoms with Crippen LogP contribution in [-0.4, -0.2) is 0 Å². The second kappa shape index (κ2) is 5.54. The molecule has 3 heteroatoms. The first-order valence-electron chi connectivity index (χ1n) is 7.06. The first-order chi connectivity index (χ1) is 10.1. The van der Waals surface area contributed by atoms with Crippen molar-refractivity contribution in [2.75, 3.05) is 0 Å². The molecule has 0 saturated heterocycles. The normalized spacial score (nSPS) is 16.8. The monoisotopic (exact) mass is 297 g/mol. The lowest BCUT2D eigenvalue weighted by Crippen LogP contribution is -2.11. The van der Waals surface area contributed by atoms with E-state index in [0.29, 0.717) is 11.7 Å². The molecule has 0 radical (unpaired) electrons. The fraction of sp³-hybridized carbons (Fsp3) is 0.278. The second-order valence-electron chi connectivity index (χ2n) is 5.65. The summed E-state index contributed by atoms with van der Waals surface area (Å²) in [7, 11) is 0. The van der Waals surface area contributed by atoms with Crippen LogP contribution >= 0.6 is 11.8 Å². The van der Waals surface area contributed by atoms with Crippen LogP contribution in [0.5, 0.6) is 0 Å². The molecule has 0 spiro atoms. The predicted molar refractivity (Wildman–Crippen MR) is 83.8 cm³/mol. The summed E-state index contributed by atoms with van der Waals surface area (Å²) in [5.74, 6) is 0.834. The van der Waals surface area contributed by atoms with E-state index in [9.17, 15) is 9.65 Å². The highest BCUT2D eigenvalue weighted by molar-refractivity contribution is 7.98. The Labute approximate surface area is 128 Å². The lowest BCUT2D eigenvalue weighted by molar-refractivity contribution is 0.553. The fourth-order valence-electron chi connectivity index (χ4n) is 3.11. The molecular formula is C18H16FNS. The molecule has 2 aromatic carbocycles. The zero-order chi connectivity index (χ0) is 15.0. The number of rotatable bonds is 1. The van der Waals surface area contributed by atoms with Gasteiger partial charge in [-0.05, 0) is 34.7 Å². The Hall–Kier alpha value is -1.79. The maximum Gasteiger partial charge on any atom is 0.141 e. The lowest BCUT2D eigenvalue weighted by Gasteiger charge is -2.24. The standard InChI is InChI=1S/C18H16FNS/c1-11(2)18-12-7-8-16(19)14(9-20)15(12)10-21-17-6-4-3-5-13(17)18/h3-8,11,18H,10H2,1-2H3. The number of benzene rings is 2. The van der Waals surface area contributed by atoms with Gasteiger partial charge >= 0.3 is 0 Å². The molecule has 3 rings (SSSR count). The van der Waals surface area contributed by atoms with Crippen LogP contribution in [0.25, 0.3) is 0 Å². The summed E-state index contributed by atoms with van der Waals surface area (Å²) in [4.78, 5) is 1.23. The minimum absolute atomic E-state index is 0.207. The number of hydrogen-bond acceptors (Lipinski definition) is 2. The Morgan fingerprint density at radius 3 is 2.67 bits per heavy atom. The van der Waals surface area contributed by atoms with Gasteiger partial charge in [0, 0.05) is 16.6 Å². The van der Waals surface area contributed by atoms with Crippen molar-refractivity contribution in [3.63, 3.8) is 0 Å². The molecule has 106 valence electrons. The van der Waals surface area contributed by atoms with Crippen LogP contribution < -0.4 is 0 Å². The van der Waals surface area contributed by atoms with E-state index < -0.39 is 5.82 Å². The maximum absolute atomic E-state index is 13.9. The van der Waals surface area contributed by atoms with Gasteiger partial charge in [0.25, 0.3) is 0 Å². The van der Waals surface area contributed by atoms with E-state index in [1.807, 2.05) is 18.2 Å². The Morgan fingerprint density at radius 2 is 1.95 bits per heavy atom. The van der Waals surface area contributed by atoms with Crippen molar-refractivity contribution in [1.29, 1.82) is 5.26 Å². The Balaban J connectivity index is 2.28. The van der Waals surface area contributed by atoms with Crippen LogP contribution in [0.3, 0.4) is 0 Å². The highest BCUT2D eigenvalue weighted by Gasteiger charge is 2.28. The lowest BCUT2D eigenvalue weighted by atomic mass is 9.80. The maximum atomic E-state index is 13.9. The zero-order valence-electron chi connectivity index (χ0n) is 12.1. The molecule has 21 heavy (non-hydrogen) atoms. The minimum atomic E-state index is -0.412. The third kappa shape index (κ3) is 2.34. The summed E-state index contributed by atoms with van der Waals surface area (Å²) in [6, 6.07) is 13.7. The molecule has 1 unspecified atom stereocenters. The average Bonchev–Trinajstić information content (AvgIpc) is 2.64. The molecule has 0 N–H and O–H groups in total. The van der Waals surface area contributed by atoms with Crippen molar-refractivity contribution in [2.24, 2.45) is 5.92 Å². The van der Waals surface area contributed by atoms with E-state index in [0.717, 1.165) is 11.1 Å². The van der Waals surface area contributed by atoms with Gasteiger partial charge in [-0.3, -0.25) is 0 Å². The van der Waals surface area contributed by atoms with Crippen LogP contribution in [0.4, 0.5) is 4.39 Å². The van der Waals surface area contributed by atoms with Crippen LogP contribution in [0.1, 0.15) is 42.0 Å². The molecule has 1 atom stereocenters. The van der Waals surface area contributed by atoms with E-state index >= 15 is 0 Å². The topological polar surface area (TPSA) is 23.8 Å². The third-order valence-corrected chi connectivity index (χ3v) is 5.15. The molecule has 0 saturated carbocycles. The first kappa shape index (κ1) is 14.2. The molecule has 1 aliphatic rings. The molecule has 2 aromatic rings. The zero-order valence-corrected chi connectivity index (χ0v) is 12.9. The molecule has 1 aliphatic heterocycles. The van der Waals surface area contributed by atoms with Gasteiger partial charge in [0.05, 0.1) is 5.56 Å². The van der Waals surface area contributed by atoms with Gasteiger partial charge < -0.3 is 0 Å². The van der Waals surface area contributed by atoms with E-state index in [-0.39, 0.29) is 11.5 Å². The summed E-state index contributed by atoms with van der Waals surface area (Å²) in [6.07, 6.45) is 0. The highest BCUT2D eigenvalue weighted by Crippen LogP contribution is 2.44. The molecule has 0 fully saturated rings. The third-order valence-electron chi connectivity index (χ3n) is 4.04. The van der Waals surface area contributed by atoms with Crippen LogP contribution in [-0.2, 0) is 5.75 Å². The molecule has 0 amide bonds. The average molecular weight is 297 g/mol. The molecular weight excluding hydrogens is 281 g/mol. The van der Waals surface area contributed by atoms with Crippen molar-refractivity contribution in [3.05, 3.63) is 64.5 Å². The highest BCUT2D eigenvalue weighted by atomic mass is 32.2. The van der Waals surface area contributed by atoms with Gasteiger partial charge in [-0.25, -0.2) is 4.39 Å². The number of nitrogens with zero attached hydrogens (tertiary/aromatic N) is 1. The summed E-state index contributed by atoms with van der Waals surface area (Å²) < 4.78 is 13.9. The van der Waals surface area contributed by atoms with Gasteiger partial charge in [0.15, 0.2) is 0 Å². The van der Waals surface area contributed by atoms with Gasteiger partial charge in [-0.2, -0.15) is 5.26 Å². The van der Waals surface area contributed by atoms with Gasteiger partial charge in [0.2, 0.25) is 0 Å². The van der Waals surface area contributed by atoms with E-state index in [1.54, 1.807) is 11.8 Å².